The lowest BCUT2D eigenvalue weighted by Crippen LogP contribution is -2.77. The van der Waals surface area contributed by atoms with Crippen molar-refractivity contribution in [2.24, 2.45) is 29.4 Å². The van der Waals surface area contributed by atoms with E-state index in [-0.39, 0.29) is 22.5 Å². The molecule has 3 aliphatic carbocycles. The summed E-state index contributed by atoms with van der Waals surface area (Å²) in [6, 6.07) is 9.21. The normalized spacial score (nSPS) is 32.0. The van der Waals surface area contributed by atoms with Crippen LogP contribution in [-0.4, -0.2) is 86.9 Å². The molecule has 0 aromatic heterocycles. The largest absolute Gasteiger partial charge is 0.507 e. The van der Waals surface area contributed by atoms with Crippen molar-refractivity contribution in [3.63, 3.8) is 0 Å². The van der Waals surface area contributed by atoms with Crippen LogP contribution in [0.15, 0.2) is 42.5 Å². The molecule has 0 spiro atoms. The van der Waals surface area contributed by atoms with Crippen molar-refractivity contribution < 1.29 is 44.1 Å². The van der Waals surface area contributed by atoms with Crippen LogP contribution >= 0.6 is 0 Å². The zero-order chi connectivity index (χ0) is 30.1. The van der Waals surface area contributed by atoms with Gasteiger partial charge in [0.15, 0.2) is 40.4 Å². The predicted octanol–water partition coefficient (Wildman–Crippen LogP) is 0.0385. The van der Waals surface area contributed by atoms with E-state index in [1.807, 2.05) is 0 Å². The topological polar surface area (TPSA) is 192 Å². The molecule has 0 heterocycles. The molecule has 7 unspecified atom stereocenters. The smallest absolute Gasteiger partial charge is 0.235 e. The summed E-state index contributed by atoms with van der Waals surface area (Å²) in [6.07, 6.45) is -0.266. The predicted molar refractivity (Wildman–Crippen MR) is 143 cm³/mol. The van der Waals surface area contributed by atoms with Gasteiger partial charge in [-0.05, 0) is 49.9 Å². The first kappa shape index (κ1) is 28.2. The molecule has 5 N–H and O–H groups in total. The van der Waals surface area contributed by atoms with Gasteiger partial charge < -0.3 is 21.1 Å². The van der Waals surface area contributed by atoms with E-state index < -0.39 is 76.2 Å². The number of amides is 1. The molecule has 11 nitrogen and oxygen atoms in total. The molecule has 41 heavy (non-hydrogen) atoms. The second kappa shape index (κ2) is 9.65. The lowest BCUT2D eigenvalue weighted by atomic mass is 9.50. The van der Waals surface area contributed by atoms with Crippen molar-refractivity contribution in [2.45, 2.75) is 24.7 Å². The number of rotatable bonds is 4. The Balaban J connectivity index is 1.80. The van der Waals surface area contributed by atoms with Crippen LogP contribution in [0.3, 0.4) is 0 Å². The maximum absolute atomic E-state index is 14.1. The summed E-state index contributed by atoms with van der Waals surface area (Å²) in [4.78, 5) is 80.3. The van der Waals surface area contributed by atoms with Gasteiger partial charge in [-0.15, -0.1) is 0 Å². The first-order chi connectivity index (χ1) is 19.2. The Morgan fingerprint density at radius 3 is 2.29 bits per heavy atom. The number of aromatic hydroxyl groups is 1. The molecule has 1 amide bonds. The van der Waals surface area contributed by atoms with Gasteiger partial charge in [-0.25, -0.2) is 0 Å². The second-order valence-electron chi connectivity index (χ2n) is 11.0. The number of Topliss-reactive ketones (excluding diaryl/α,β-unsaturated/α-hetero) is 5. The van der Waals surface area contributed by atoms with E-state index in [2.05, 4.69) is 0 Å². The molecule has 0 saturated heterocycles. The summed E-state index contributed by atoms with van der Waals surface area (Å²) in [7, 11) is 2.84. The van der Waals surface area contributed by atoms with Crippen molar-refractivity contribution in [3.8, 4) is 5.75 Å². The van der Waals surface area contributed by atoms with E-state index in [1.165, 1.54) is 44.1 Å². The Kier molecular flexibility index (Phi) is 6.64. The molecule has 2 saturated carbocycles. The summed E-state index contributed by atoms with van der Waals surface area (Å²) in [6.45, 7) is 1.39. The van der Waals surface area contributed by atoms with Gasteiger partial charge in [-0.3, -0.25) is 33.7 Å². The average molecular weight is 561 g/mol. The van der Waals surface area contributed by atoms with E-state index >= 15 is 0 Å². The standard InChI is InChI=1S/C30H28N2O9/c1-12(33)14-7-4-6-13(10-14)11-16-15-8-5-9-17(34)18(15)24(35)20-19(16)25(36)22-23(32(2)3)26(37)21(29(31)40)28(39)30(22,41)27(20)38/h4-11,19-23,25,34,36,41H,1-3H3,(H2,31,40). The number of phenols is 1. The van der Waals surface area contributed by atoms with Crippen LogP contribution in [0.1, 0.15) is 38.8 Å². The summed E-state index contributed by atoms with van der Waals surface area (Å²) < 4.78 is 0. The third kappa shape index (κ3) is 3.91. The fourth-order valence-electron chi connectivity index (χ4n) is 6.70. The minimum Gasteiger partial charge on any atom is -0.507 e. The van der Waals surface area contributed by atoms with Crippen molar-refractivity contribution in [2.75, 3.05) is 14.1 Å². The van der Waals surface area contributed by atoms with Gasteiger partial charge in [-0.1, -0.05) is 36.4 Å². The molecule has 11 heteroatoms. The van der Waals surface area contributed by atoms with E-state index in [1.54, 1.807) is 30.3 Å². The number of likely N-dealkylation sites (N-methyl/N-ethyl adjacent to an activating group) is 1. The molecule has 0 radical (unpaired) electrons. The molecule has 2 aromatic rings. The number of aliphatic hydroxyl groups is 2. The van der Waals surface area contributed by atoms with Gasteiger partial charge in [0.25, 0.3) is 0 Å². The van der Waals surface area contributed by atoms with E-state index in [9.17, 15) is 44.1 Å². The number of hydrogen-bond acceptors (Lipinski definition) is 10. The van der Waals surface area contributed by atoms with Crippen molar-refractivity contribution in [3.05, 3.63) is 64.7 Å². The highest BCUT2D eigenvalue weighted by Crippen LogP contribution is 2.54. The highest BCUT2D eigenvalue weighted by molar-refractivity contribution is 6.33. The van der Waals surface area contributed by atoms with Gasteiger partial charge >= 0.3 is 0 Å². The third-order valence-corrected chi connectivity index (χ3v) is 8.49. The molecular formula is C30H28N2O9. The Morgan fingerprint density at radius 2 is 1.68 bits per heavy atom. The van der Waals surface area contributed by atoms with Crippen LogP contribution in [0.5, 0.6) is 5.75 Å². The fourth-order valence-corrected chi connectivity index (χ4v) is 6.70. The van der Waals surface area contributed by atoms with Crippen molar-refractivity contribution in [1.82, 2.24) is 4.90 Å². The van der Waals surface area contributed by atoms with Gasteiger partial charge in [-0.2, -0.15) is 0 Å². The van der Waals surface area contributed by atoms with Crippen LogP contribution < -0.4 is 5.73 Å². The zero-order valence-corrected chi connectivity index (χ0v) is 22.4. The summed E-state index contributed by atoms with van der Waals surface area (Å²) in [5.74, 6) is -13.9. The minimum atomic E-state index is -3.10. The quantitative estimate of drug-likeness (QED) is 0.293. The number of carbonyl (C=O) groups excluding carboxylic acids is 6. The third-order valence-electron chi connectivity index (χ3n) is 8.49. The Bertz CT molecular complexity index is 1590. The Hall–Kier alpha value is -4.32. The number of aliphatic hydroxyl groups excluding tert-OH is 1. The number of ketones is 5. The Labute approximate surface area is 234 Å². The number of nitrogens with two attached hydrogens (primary N) is 1. The maximum atomic E-state index is 14.1. The van der Waals surface area contributed by atoms with E-state index in [0.717, 1.165) is 0 Å². The average Bonchev–Trinajstić information content (AvgIpc) is 2.90. The number of phenolic OH excluding ortho intramolecular Hbond substituents is 1. The van der Waals surface area contributed by atoms with Crippen LogP contribution in [0, 0.1) is 23.7 Å². The monoisotopic (exact) mass is 560 g/mol. The first-order valence-electron chi connectivity index (χ1n) is 12.9. The lowest BCUT2D eigenvalue weighted by Gasteiger charge is -2.55. The maximum Gasteiger partial charge on any atom is 0.235 e. The number of hydrogen-bond donors (Lipinski definition) is 4. The fraction of sp³-hybridized carbons (Fsp3) is 0.333. The van der Waals surface area contributed by atoms with Crippen LogP contribution in [-0.2, 0) is 19.2 Å². The highest BCUT2D eigenvalue weighted by Gasteiger charge is 2.72. The number of fused-ring (bicyclic) bond motifs is 3. The molecule has 0 aliphatic heterocycles. The molecule has 212 valence electrons. The summed E-state index contributed by atoms with van der Waals surface area (Å²) in [5, 5.41) is 34.4. The minimum absolute atomic E-state index is 0.201. The summed E-state index contributed by atoms with van der Waals surface area (Å²) >= 11 is 0. The van der Waals surface area contributed by atoms with Crippen LogP contribution in [0.25, 0.3) is 11.6 Å². The summed E-state index contributed by atoms with van der Waals surface area (Å²) in [5.41, 5.74) is 3.27. The Morgan fingerprint density at radius 1 is 1.02 bits per heavy atom. The highest BCUT2D eigenvalue weighted by atomic mass is 16.3. The van der Waals surface area contributed by atoms with E-state index in [4.69, 9.17) is 5.73 Å². The molecular weight excluding hydrogens is 532 g/mol. The number of primary amides is 1. The molecule has 2 aromatic carbocycles. The SMILES string of the molecule is CC(=O)c1cccc(C=C2c3cccc(O)c3C(=O)C3C(=O)C4(O)C(=O)C(C(N)=O)C(=O)C(N(C)C)C4C(O)C23)c1. The molecule has 2 fully saturated rings. The molecule has 5 rings (SSSR count). The first-order valence-corrected chi connectivity index (χ1v) is 12.9. The number of benzene rings is 2. The molecule has 0 bridgehead atoms. The molecule has 7 atom stereocenters. The lowest BCUT2D eigenvalue weighted by molar-refractivity contribution is -0.192. The van der Waals surface area contributed by atoms with Gasteiger partial charge in [0, 0.05) is 11.5 Å². The van der Waals surface area contributed by atoms with Crippen molar-refractivity contribution >= 4 is 46.5 Å². The van der Waals surface area contributed by atoms with Gasteiger partial charge in [0.2, 0.25) is 5.91 Å². The number of carbonyl (C=O) groups is 6. The second-order valence-corrected chi connectivity index (χ2v) is 11.0. The number of nitrogens with zero attached hydrogens (tertiary/aromatic N) is 1. The van der Waals surface area contributed by atoms with Gasteiger partial charge in [0.05, 0.1) is 29.5 Å². The van der Waals surface area contributed by atoms with Gasteiger partial charge in [0.1, 0.15) is 5.75 Å². The van der Waals surface area contributed by atoms with Crippen LogP contribution in [0.4, 0.5) is 0 Å². The zero-order valence-electron chi connectivity index (χ0n) is 22.4. The van der Waals surface area contributed by atoms with E-state index in [0.29, 0.717) is 11.1 Å². The molecule has 3 aliphatic rings. The van der Waals surface area contributed by atoms with Crippen LogP contribution in [0.2, 0.25) is 0 Å². The van der Waals surface area contributed by atoms with Crippen molar-refractivity contribution in [1.29, 1.82) is 0 Å².